The molecule has 1 aromatic heterocycles. The van der Waals surface area contributed by atoms with Crippen LogP contribution in [-0.2, 0) is 6.18 Å². The van der Waals surface area contributed by atoms with Gasteiger partial charge in [-0.15, -0.1) is 0 Å². The molecule has 37 heavy (non-hydrogen) atoms. The minimum atomic E-state index is -4.63. The molecule has 0 spiro atoms. The number of anilines is 1. The van der Waals surface area contributed by atoms with E-state index in [2.05, 4.69) is 9.97 Å². The SMILES string of the molecule is Cc1ccccc1/C=C/C1=NN(c2nc(-c3ccccc3)cc(C(F)(F)F)n2)C(c2ccccc2C)C1. The molecule has 2 heterocycles. The lowest BCUT2D eigenvalue weighted by Crippen LogP contribution is -2.23. The van der Waals surface area contributed by atoms with E-state index in [0.29, 0.717) is 12.0 Å². The van der Waals surface area contributed by atoms with Crippen molar-refractivity contribution in [2.75, 3.05) is 5.01 Å². The zero-order chi connectivity index (χ0) is 26.0. The van der Waals surface area contributed by atoms with Crippen LogP contribution in [0.3, 0.4) is 0 Å². The van der Waals surface area contributed by atoms with Crippen LogP contribution in [0.2, 0.25) is 0 Å². The van der Waals surface area contributed by atoms with E-state index in [0.717, 1.165) is 34.0 Å². The molecule has 3 aromatic carbocycles. The highest BCUT2D eigenvalue weighted by molar-refractivity contribution is 6.01. The largest absolute Gasteiger partial charge is 0.433 e. The summed E-state index contributed by atoms with van der Waals surface area (Å²) in [6.45, 7) is 4.01. The van der Waals surface area contributed by atoms with Gasteiger partial charge in [0.1, 0.15) is 0 Å². The molecule has 1 unspecified atom stereocenters. The van der Waals surface area contributed by atoms with Gasteiger partial charge >= 0.3 is 6.18 Å². The molecule has 0 fully saturated rings. The lowest BCUT2D eigenvalue weighted by Gasteiger charge is -2.24. The van der Waals surface area contributed by atoms with Gasteiger partial charge in [0.25, 0.3) is 0 Å². The minimum Gasteiger partial charge on any atom is -0.223 e. The Bertz CT molecular complexity index is 1480. The summed E-state index contributed by atoms with van der Waals surface area (Å²) < 4.78 is 41.7. The van der Waals surface area contributed by atoms with Crippen molar-refractivity contribution in [1.82, 2.24) is 9.97 Å². The van der Waals surface area contributed by atoms with Crippen molar-refractivity contribution in [1.29, 1.82) is 0 Å². The van der Waals surface area contributed by atoms with E-state index in [1.807, 2.05) is 80.6 Å². The molecular formula is C30H25F3N4. The number of nitrogens with zero attached hydrogens (tertiary/aromatic N) is 4. The Hall–Kier alpha value is -4.26. The number of allylic oxidation sites excluding steroid dienone is 1. The van der Waals surface area contributed by atoms with Crippen molar-refractivity contribution in [3.05, 3.63) is 119 Å². The van der Waals surface area contributed by atoms with Crippen molar-refractivity contribution in [2.24, 2.45) is 5.10 Å². The fourth-order valence-corrected chi connectivity index (χ4v) is 4.42. The van der Waals surface area contributed by atoms with E-state index in [-0.39, 0.29) is 17.7 Å². The highest BCUT2D eigenvalue weighted by Gasteiger charge is 2.37. The molecule has 0 N–H and O–H groups in total. The van der Waals surface area contributed by atoms with Gasteiger partial charge in [-0.25, -0.2) is 15.0 Å². The van der Waals surface area contributed by atoms with Gasteiger partial charge in [0.15, 0.2) is 5.69 Å². The van der Waals surface area contributed by atoms with Crippen LogP contribution < -0.4 is 5.01 Å². The zero-order valence-electron chi connectivity index (χ0n) is 20.4. The molecule has 0 saturated heterocycles. The lowest BCUT2D eigenvalue weighted by atomic mass is 9.97. The van der Waals surface area contributed by atoms with Crippen LogP contribution in [0.25, 0.3) is 17.3 Å². The van der Waals surface area contributed by atoms with Crippen LogP contribution in [0.1, 0.15) is 40.4 Å². The van der Waals surface area contributed by atoms with E-state index < -0.39 is 11.9 Å². The number of hydrazone groups is 1. The van der Waals surface area contributed by atoms with Crippen molar-refractivity contribution in [3.8, 4) is 11.3 Å². The number of rotatable bonds is 5. The highest BCUT2D eigenvalue weighted by Crippen LogP contribution is 2.38. The molecule has 1 aliphatic rings. The molecule has 0 amide bonds. The molecular weight excluding hydrogens is 473 g/mol. The monoisotopic (exact) mass is 498 g/mol. The third kappa shape index (κ3) is 5.31. The predicted octanol–water partition coefficient (Wildman–Crippen LogP) is 7.80. The average molecular weight is 499 g/mol. The predicted molar refractivity (Wildman–Crippen MR) is 141 cm³/mol. The molecule has 1 aliphatic heterocycles. The van der Waals surface area contributed by atoms with Crippen molar-refractivity contribution < 1.29 is 13.2 Å². The summed E-state index contributed by atoms with van der Waals surface area (Å²) in [5, 5.41) is 6.26. The average Bonchev–Trinajstić information content (AvgIpc) is 3.32. The molecule has 1 atom stereocenters. The van der Waals surface area contributed by atoms with Crippen LogP contribution in [-0.4, -0.2) is 15.7 Å². The molecule has 0 bridgehead atoms. The minimum absolute atomic E-state index is 0.0822. The first-order valence-corrected chi connectivity index (χ1v) is 12.0. The second-order valence-electron chi connectivity index (χ2n) is 9.00. The number of benzene rings is 3. The fraction of sp³-hybridized carbons (Fsp3) is 0.167. The first-order valence-electron chi connectivity index (χ1n) is 12.0. The number of hydrogen-bond donors (Lipinski definition) is 0. The van der Waals surface area contributed by atoms with E-state index in [4.69, 9.17) is 5.10 Å². The summed E-state index contributed by atoms with van der Waals surface area (Å²) in [5.41, 5.74) is 4.67. The number of hydrogen-bond acceptors (Lipinski definition) is 4. The van der Waals surface area contributed by atoms with E-state index in [9.17, 15) is 13.2 Å². The first kappa shape index (κ1) is 24.4. The van der Waals surface area contributed by atoms with Crippen LogP contribution in [0, 0.1) is 13.8 Å². The Labute approximate surface area is 213 Å². The van der Waals surface area contributed by atoms with Gasteiger partial charge in [-0.2, -0.15) is 18.3 Å². The van der Waals surface area contributed by atoms with Gasteiger partial charge in [0, 0.05) is 12.0 Å². The Kier molecular flexibility index (Phi) is 6.61. The van der Waals surface area contributed by atoms with Gasteiger partial charge in [0.2, 0.25) is 5.95 Å². The van der Waals surface area contributed by atoms with Crippen LogP contribution >= 0.6 is 0 Å². The Morgan fingerprint density at radius 1 is 0.811 bits per heavy atom. The maximum absolute atomic E-state index is 13.9. The maximum Gasteiger partial charge on any atom is 0.433 e. The summed E-state index contributed by atoms with van der Waals surface area (Å²) >= 11 is 0. The fourth-order valence-electron chi connectivity index (χ4n) is 4.42. The second-order valence-corrected chi connectivity index (χ2v) is 9.00. The Morgan fingerprint density at radius 3 is 2.19 bits per heavy atom. The van der Waals surface area contributed by atoms with E-state index in [1.165, 1.54) is 5.01 Å². The first-order chi connectivity index (χ1) is 17.8. The Morgan fingerprint density at radius 2 is 1.49 bits per heavy atom. The summed E-state index contributed by atoms with van der Waals surface area (Å²) in [4.78, 5) is 8.50. The van der Waals surface area contributed by atoms with Gasteiger partial charge in [-0.1, -0.05) is 84.9 Å². The van der Waals surface area contributed by atoms with E-state index >= 15 is 0 Å². The normalized spacial score (nSPS) is 15.9. The molecule has 186 valence electrons. The van der Waals surface area contributed by atoms with Crippen molar-refractivity contribution >= 4 is 17.7 Å². The van der Waals surface area contributed by atoms with Gasteiger partial charge in [-0.3, -0.25) is 0 Å². The van der Waals surface area contributed by atoms with Gasteiger partial charge < -0.3 is 0 Å². The summed E-state index contributed by atoms with van der Waals surface area (Å²) in [5.74, 6) is -0.0822. The lowest BCUT2D eigenvalue weighted by molar-refractivity contribution is -0.141. The van der Waals surface area contributed by atoms with Gasteiger partial charge in [-0.05, 0) is 48.2 Å². The smallest absolute Gasteiger partial charge is 0.223 e. The molecule has 7 heteroatoms. The number of aromatic nitrogens is 2. The van der Waals surface area contributed by atoms with Crippen LogP contribution in [0.5, 0.6) is 0 Å². The zero-order valence-corrected chi connectivity index (χ0v) is 20.4. The third-order valence-electron chi connectivity index (χ3n) is 6.40. The molecule has 5 rings (SSSR count). The maximum atomic E-state index is 13.9. The topological polar surface area (TPSA) is 41.4 Å². The third-order valence-corrected chi connectivity index (χ3v) is 6.40. The van der Waals surface area contributed by atoms with Gasteiger partial charge in [0.05, 0.1) is 17.4 Å². The standard InChI is InChI=1S/C30H25F3N4/c1-20-10-6-8-12-22(20)16-17-24-18-27(25-15-9-7-11-21(25)2)37(36-24)29-34-26(23-13-4-3-5-14-23)19-28(35-29)30(31,32)33/h3-17,19,27H,18H2,1-2H3/b17-16+. The van der Waals surface area contributed by atoms with Crippen molar-refractivity contribution in [3.63, 3.8) is 0 Å². The molecule has 0 aliphatic carbocycles. The summed E-state index contributed by atoms with van der Waals surface area (Å²) in [7, 11) is 0. The summed E-state index contributed by atoms with van der Waals surface area (Å²) in [6.07, 6.45) is -0.224. The molecule has 0 saturated carbocycles. The molecule has 4 aromatic rings. The second kappa shape index (κ2) is 10.0. The highest BCUT2D eigenvalue weighted by atomic mass is 19.4. The number of aryl methyl sites for hydroxylation is 2. The quantitative estimate of drug-likeness (QED) is 0.282. The number of halogens is 3. The van der Waals surface area contributed by atoms with Crippen molar-refractivity contribution in [2.45, 2.75) is 32.5 Å². The molecule has 0 radical (unpaired) electrons. The van der Waals surface area contributed by atoms with Crippen LogP contribution in [0.4, 0.5) is 19.1 Å². The van der Waals surface area contributed by atoms with E-state index in [1.54, 1.807) is 24.3 Å². The molecule has 4 nitrogen and oxygen atoms in total. The van der Waals surface area contributed by atoms with Crippen LogP contribution in [0.15, 0.2) is 96.1 Å². The summed E-state index contributed by atoms with van der Waals surface area (Å²) in [6, 6.07) is 25.2. The Balaban J connectivity index is 1.62. The number of alkyl halides is 3.